The van der Waals surface area contributed by atoms with Gasteiger partial charge in [0.2, 0.25) is 5.91 Å². The maximum absolute atomic E-state index is 12.2. The molecule has 2 rings (SSSR count). The van der Waals surface area contributed by atoms with Gasteiger partial charge in [0.15, 0.2) is 0 Å². The van der Waals surface area contributed by atoms with Crippen LogP contribution in [0.5, 0.6) is 0 Å². The molecule has 2 saturated heterocycles. The van der Waals surface area contributed by atoms with Crippen LogP contribution in [-0.2, 0) is 14.3 Å². The second kappa shape index (κ2) is 8.22. The molecular weight excluding hydrogens is 278 g/mol. The van der Waals surface area contributed by atoms with E-state index in [1.807, 2.05) is 11.8 Å². The van der Waals surface area contributed by atoms with Gasteiger partial charge < -0.3 is 19.9 Å². The van der Waals surface area contributed by atoms with Gasteiger partial charge in [0.05, 0.1) is 18.8 Å². The molecule has 2 aliphatic rings. The zero-order chi connectivity index (χ0) is 14.3. The lowest BCUT2D eigenvalue weighted by molar-refractivity contribution is -0.130. The molecule has 0 aromatic carbocycles. The van der Waals surface area contributed by atoms with Gasteiger partial charge in [-0.1, -0.05) is 0 Å². The van der Waals surface area contributed by atoms with Gasteiger partial charge in [-0.05, 0) is 37.2 Å². The zero-order valence-electron chi connectivity index (χ0n) is 11.9. The standard InChI is InChI=1S/C14H25NO4S/c16-5-8-19-14(3-9-20-10-4-14)11-15-13(17)12-1-6-18-7-2-12/h12,16H,1-11H2,(H,15,17). The van der Waals surface area contributed by atoms with Crippen LogP contribution in [0.1, 0.15) is 25.7 Å². The molecule has 0 atom stereocenters. The molecule has 0 saturated carbocycles. The van der Waals surface area contributed by atoms with Crippen molar-refractivity contribution in [1.82, 2.24) is 5.32 Å². The third-order valence-electron chi connectivity index (χ3n) is 4.08. The highest BCUT2D eigenvalue weighted by Gasteiger charge is 2.34. The summed E-state index contributed by atoms with van der Waals surface area (Å²) in [5.74, 6) is 2.31. The van der Waals surface area contributed by atoms with Crippen molar-refractivity contribution in [3.8, 4) is 0 Å². The summed E-state index contributed by atoms with van der Waals surface area (Å²) >= 11 is 1.92. The van der Waals surface area contributed by atoms with Crippen LogP contribution in [-0.4, -0.2) is 61.1 Å². The second-order valence-corrected chi connectivity index (χ2v) is 6.70. The fraction of sp³-hybridized carbons (Fsp3) is 0.929. The van der Waals surface area contributed by atoms with Crippen LogP contribution in [0.3, 0.4) is 0 Å². The molecule has 0 aromatic rings. The second-order valence-electron chi connectivity index (χ2n) is 5.47. The quantitative estimate of drug-likeness (QED) is 0.760. The summed E-state index contributed by atoms with van der Waals surface area (Å²) in [5.41, 5.74) is -0.283. The van der Waals surface area contributed by atoms with Crippen LogP contribution >= 0.6 is 11.8 Å². The molecule has 0 bridgehead atoms. The molecule has 0 unspecified atom stereocenters. The predicted molar refractivity (Wildman–Crippen MR) is 78.9 cm³/mol. The number of hydrogen-bond donors (Lipinski definition) is 2. The number of aliphatic hydroxyl groups is 1. The van der Waals surface area contributed by atoms with Gasteiger partial charge in [0.1, 0.15) is 0 Å². The summed E-state index contributed by atoms with van der Waals surface area (Å²) in [7, 11) is 0. The van der Waals surface area contributed by atoms with Crippen molar-refractivity contribution in [2.45, 2.75) is 31.3 Å². The maximum atomic E-state index is 12.2. The minimum atomic E-state index is -0.283. The van der Waals surface area contributed by atoms with E-state index in [1.165, 1.54) is 0 Å². The topological polar surface area (TPSA) is 67.8 Å². The Morgan fingerprint density at radius 1 is 1.35 bits per heavy atom. The molecule has 2 aliphatic heterocycles. The lowest BCUT2D eigenvalue weighted by atomic mass is 9.94. The molecule has 2 heterocycles. The lowest BCUT2D eigenvalue weighted by Crippen LogP contribution is -2.49. The Hall–Kier alpha value is -0.300. The van der Waals surface area contributed by atoms with Gasteiger partial charge >= 0.3 is 0 Å². The van der Waals surface area contributed by atoms with Crippen LogP contribution in [0, 0.1) is 5.92 Å². The molecule has 5 nitrogen and oxygen atoms in total. The molecule has 2 fully saturated rings. The molecule has 0 spiro atoms. The first-order valence-corrected chi connectivity index (χ1v) is 8.59. The van der Waals surface area contributed by atoms with E-state index in [0.717, 1.165) is 37.2 Å². The number of nitrogens with one attached hydrogen (secondary N) is 1. The van der Waals surface area contributed by atoms with Gasteiger partial charge in [-0.25, -0.2) is 0 Å². The van der Waals surface area contributed by atoms with Crippen molar-refractivity contribution >= 4 is 17.7 Å². The highest BCUT2D eigenvalue weighted by Crippen LogP contribution is 2.30. The summed E-state index contributed by atoms with van der Waals surface area (Å²) < 4.78 is 11.1. The van der Waals surface area contributed by atoms with E-state index in [4.69, 9.17) is 14.6 Å². The van der Waals surface area contributed by atoms with Gasteiger partial charge in [-0.2, -0.15) is 11.8 Å². The fourth-order valence-corrected chi connectivity index (χ4v) is 3.97. The molecule has 2 N–H and O–H groups in total. The Balaban J connectivity index is 1.82. The van der Waals surface area contributed by atoms with E-state index in [1.54, 1.807) is 0 Å². The van der Waals surface area contributed by atoms with Gasteiger partial charge in [0, 0.05) is 25.7 Å². The van der Waals surface area contributed by atoms with E-state index in [9.17, 15) is 4.79 Å². The van der Waals surface area contributed by atoms with Crippen molar-refractivity contribution in [1.29, 1.82) is 0 Å². The first-order chi connectivity index (χ1) is 9.76. The summed E-state index contributed by atoms with van der Waals surface area (Å²) in [5, 5.41) is 12.0. The van der Waals surface area contributed by atoms with Crippen LogP contribution < -0.4 is 5.32 Å². The monoisotopic (exact) mass is 303 g/mol. The third-order valence-corrected chi connectivity index (χ3v) is 5.07. The van der Waals surface area contributed by atoms with E-state index in [-0.39, 0.29) is 24.0 Å². The zero-order valence-corrected chi connectivity index (χ0v) is 12.8. The average molecular weight is 303 g/mol. The Kier molecular flexibility index (Phi) is 6.61. The maximum Gasteiger partial charge on any atom is 0.223 e. The number of hydrogen-bond acceptors (Lipinski definition) is 5. The summed E-state index contributed by atoms with van der Waals surface area (Å²) in [6, 6.07) is 0. The summed E-state index contributed by atoms with van der Waals surface area (Å²) in [6.45, 7) is 2.30. The average Bonchev–Trinajstić information content (AvgIpc) is 2.52. The largest absolute Gasteiger partial charge is 0.394 e. The Morgan fingerprint density at radius 3 is 2.70 bits per heavy atom. The number of amides is 1. The van der Waals surface area contributed by atoms with Gasteiger partial charge in [0.25, 0.3) is 0 Å². The molecule has 0 aliphatic carbocycles. The number of carbonyl (C=O) groups excluding carboxylic acids is 1. The number of ether oxygens (including phenoxy) is 2. The first kappa shape index (κ1) is 16.1. The molecule has 0 aromatic heterocycles. The minimum absolute atomic E-state index is 0.0306. The van der Waals surface area contributed by atoms with Crippen molar-refractivity contribution in [3.05, 3.63) is 0 Å². The van der Waals surface area contributed by atoms with Crippen molar-refractivity contribution in [2.75, 3.05) is 44.5 Å². The molecule has 20 heavy (non-hydrogen) atoms. The normalized spacial score (nSPS) is 23.4. The predicted octanol–water partition coefficient (Wildman–Crippen LogP) is 0.804. The number of rotatable bonds is 6. The minimum Gasteiger partial charge on any atom is -0.394 e. The molecular formula is C14H25NO4S. The van der Waals surface area contributed by atoms with Crippen LogP contribution in [0.15, 0.2) is 0 Å². The Morgan fingerprint density at radius 2 is 2.05 bits per heavy atom. The number of aliphatic hydroxyl groups excluding tert-OH is 1. The summed E-state index contributed by atoms with van der Waals surface area (Å²) in [4.78, 5) is 12.2. The van der Waals surface area contributed by atoms with Crippen LogP contribution in [0.25, 0.3) is 0 Å². The number of carbonyl (C=O) groups is 1. The Bertz CT molecular complexity index is 302. The summed E-state index contributed by atoms with van der Waals surface area (Å²) in [6.07, 6.45) is 3.50. The van der Waals surface area contributed by atoms with E-state index in [2.05, 4.69) is 5.32 Å². The first-order valence-electron chi connectivity index (χ1n) is 7.44. The highest BCUT2D eigenvalue weighted by atomic mass is 32.2. The van der Waals surface area contributed by atoms with Crippen LogP contribution in [0.4, 0.5) is 0 Å². The molecule has 0 radical (unpaired) electrons. The van der Waals surface area contributed by atoms with Crippen LogP contribution in [0.2, 0.25) is 0 Å². The van der Waals surface area contributed by atoms with Gasteiger partial charge in [-0.3, -0.25) is 4.79 Å². The molecule has 6 heteroatoms. The van der Waals surface area contributed by atoms with Gasteiger partial charge in [-0.15, -0.1) is 0 Å². The third kappa shape index (κ3) is 4.62. The van der Waals surface area contributed by atoms with E-state index < -0.39 is 0 Å². The smallest absolute Gasteiger partial charge is 0.223 e. The van der Waals surface area contributed by atoms with Crippen molar-refractivity contribution in [3.63, 3.8) is 0 Å². The molecule has 1 amide bonds. The molecule has 116 valence electrons. The van der Waals surface area contributed by atoms with Crippen molar-refractivity contribution in [2.24, 2.45) is 5.92 Å². The van der Waals surface area contributed by atoms with E-state index in [0.29, 0.717) is 26.4 Å². The highest BCUT2D eigenvalue weighted by molar-refractivity contribution is 7.99. The fourth-order valence-electron chi connectivity index (χ4n) is 2.73. The number of thioether (sulfide) groups is 1. The SMILES string of the molecule is O=C(NCC1(OCCO)CCSCC1)C1CCOCC1. The van der Waals surface area contributed by atoms with E-state index >= 15 is 0 Å². The van der Waals surface area contributed by atoms with Crippen molar-refractivity contribution < 1.29 is 19.4 Å². The lowest BCUT2D eigenvalue weighted by Gasteiger charge is -2.37. The Labute approximate surface area is 124 Å².